The van der Waals surface area contributed by atoms with Crippen molar-refractivity contribution in [2.45, 2.75) is 20.0 Å². The molecule has 1 aliphatic heterocycles. The van der Waals surface area contributed by atoms with E-state index in [0.29, 0.717) is 40.1 Å². The molecule has 1 aliphatic rings. The third-order valence-electron chi connectivity index (χ3n) is 4.53. The molecule has 31 heavy (non-hydrogen) atoms. The van der Waals surface area contributed by atoms with Crippen molar-refractivity contribution in [3.05, 3.63) is 63.3 Å². The van der Waals surface area contributed by atoms with Gasteiger partial charge < -0.3 is 19.9 Å². The molecule has 0 atom stereocenters. The van der Waals surface area contributed by atoms with Crippen molar-refractivity contribution in [1.82, 2.24) is 10.2 Å². The standard InChI is InChI=1S/C22H21BrN2O6/c1-3-7-25-20(26)17(24-22(25)29)10-14-9-16(23)19(18(11-14)30-2)31-12-13-5-4-6-15(8-13)21(27)28/h4-6,8-11H,3,7,12H2,1-2H3,(H,24,29)(H,27,28). The number of hydrogen-bond donors (Lipinski definition) is 2. The second-order valence-corrected chi connectivity index (χ2v) is 7.63. The van der Waals surface area contributed by atoms with Crippen molar-refractivity contribution in [3.8, 4) is 11.5 Å². The molecule has 3 rings (SSSR count). The number of benzene rings is 2. The highest BCUT2D eigenvalue weighted by atomic mass is 79.9. The van der Waals surface area contributed by atoms with Crippen molar-refractivity contribution in [2.24, 2.45) is 0 Å². The lowest BCUT2D eigenvalue weighted by molar-refractivity contribution is -0.122. The van der Waals surface area contributed by atoms with E-state index in [1.165, 1.54) is 24.1 Å². The summed E-state index contributed by atoms with van der Waals surface area (Å²) >= 11 is 3.45. The van der Waals surface area contributed by atoms with Crippen LogP contribution in [-0.4, -0.2) is 41.6 Å². The molecule has 0 radical (unpaired) electrons. The second-order valence-electron chi connectivity index (χ2n) is 6.77. The summed E-state index contributed by atoms with van der Waals surface area (Å²) in [5.41, 5.74) is 1.68. The minimum absolute atomic E-state index is 0.136. The summed E-state index contributed by atoms with van der Waals surface area (Å²) in [6.07, 6.45) is 2.25. The number of carboxylic acids is 1. The zero-order valence-electron chi connectivity index (χ0n) is 17.0. The maximum absolute atomic E-state index is 12.4. The first-order valence-corrected chi connectivity index (χ1v) is 10.3. The predicted octanol–water partition coefficient (Wildman–Crippen LogP) is 4.04. The van der Waals surface area contributed by atoms with Gasteiger partial charge in [0.1, 0.15) is 12.3 Å². The number of carbonyl (C=O) groups is 3. The SMILES string of the molecule is CCCN1C(=O)NC(=Cc2cc(Br)c(OCc3cccc(C(=O)O)c3)c(OC)c2)C1=O. The molecule has 8 nitrogen and oxygen atoms in total. The number of amides is 3. The fourth-order valence-electron chi connectivity index (χ4n) is 3.08. The number of hydrogen-bond acceptors (Lipinski definition) is 5. The molecule has 1 heterocycles. The molecule has 1 saturated heterocycles. The average molecular weight is 489 g/mol. The Balaban J connectivity index is 1.82. The topological polar surface area (TPSA) is 105 Å². The van der Waals surface area contributed by atoms with Crippen molar-refractivity contribution in [3.63, 3.8) is 0 Å². The Labute approximate surface area is 187 Å². The van der Waals surface area contributed by atoms with E-state index in [0.717, 1.165) is 0 Å². The number of carbonyl (C=O) groups excluding carboxylic acids is 2. The molecule has 0 bridgehead atoms. The van der Waals surface area contributed by atoms with Gasteiger partial charge >= 0.3 is 12.0 Å². The number of aromatic carboxylic acids is 1. The Hall–Kier alpha value is -3.33. The van der Waals surface area contributed by atoms with Crippen LogP contribution >= 0.6 is 15.9 Å². The number of imide groups is 1. The Kier molecular flexibility index (Phi) is 6.96. The Bertz CT molecular complexity index is 1070. The number of rotatable bonds is 8. The van der Waals surface area contributed by atoms with Gasteiger partial charge in [0, 0.05) is 6.54 Å². The van der Waals surface area contributed by atoms with E-state index >= 15 is 0 Å². The number of methoxy groups -OCH3 is 1. The van der Waals surface area contributed by atoms with E-state index in [4.69, 9.17) is 14.6 Å². The van der Waals surface area contributed by atoms with E-state index in [1.54, 1.807) is 30.3 Å². The van der Waals surface area contributed by atoms with E-state index < -0.39 is 12.0 Å². The van der Waals surface area contributed by atoms with Crippen LogP contribution in [0.25, 0.3) is 6.08 Å². The van der Waals surface area contributed by atoms with Crippen LogP contribution in [0, 0.1) is 0 Å². The lowest BCUT2D eigenvalue weighted by Gasteiger charge is -2.14. The third-order valence-corrected chi connectivity index (χ3v) is 5.12. The van der Waals surface area contributed by atoms with E-state index in [2.05, 4.69) is 21.2 Å². The molecule has 2 aromatic carbocycles. The van der Waals surface area contributed by atoms with Gasteiger partial charge in [-0.1, -0.05) is 19.1 Å². The molecule has 3 amide bonds. The zero-order chi connectivity index (χ0) is 22.5. The first-order valence-electron chi connectivity index (χ1n) is 9.51. The van der Waals surface area contributed by atoms with Gasteiger partial charge in [0.05, 0.1) is 17.1 Å². The molecule has 9 heteroatoms. The molecular weight excluding hydrogens is 468 g/mol. The number of nitrogens with one attached hydrogen (secondary N) is 1. The molecule has 0 unspecified atom stereocenters. The molecule has 0 aromatic heterocycles. The summed E-state index contributed by atoms with van der Waals surface area (Å²) in [7, 11) is 1.49. The fourth-order valence-corrected chi connectivity index (χ4v) is 3.65. The highest BCUT2D eigenvalue weighted by molar-refractivity contribution is 9.10. The van der Waals surface area contributed by atoms with Crippen molar-refractivity contribution in [1.29, 1.82) is 0 Å². The first-order chi connectivity index (χ1) is 14.8. The summed E-state index contributed by atoms with van der Waals surface area (Å²) in [5.74, 6) is -0.540. The summed E-state index contributed by atoms with van der Waals surface area (Å²) in [5, 5.41) is 11.7. The molecule has 2 N–H and O–H groups in total. The van der Waals surface area contributed by atoms with Gasteiger partial charge in [-0.05, 0) is 63.8 Å². The van der Waals surface area contributed by atoms with Gasteiger partial charge in [-0.2, -0.15) is 0 Å². The third kappa shape index (κ3) is 5.05. The van der Waals surface area contributed by atoms with Crippen LogP contribution in [0.15, 0.2) is 46.6 Å². The van der Waals surface area contributed by atoms with Crippen LogP contribution in [0.2, 0.25) is 0 Å². The summed E-state index contributed by atoms with van der Waals surface area (Å²) < 4.78 is 11.9. The molecule has 0 spiro atoms. The van der Waals surface area contributed by atoms with Crippen LogP contribution in [0.4, 0.5) is 4.79 Å². The average Bonchev–Trinajstić information content (AvgIpc) is 3.00. The molecule has 162 valence electrons. The fraction of sp³-hybridized carbons (Fsp3) is 0.227. The number of carboxylic acid groups (broad SMARTS) is 1. The van der Waals surface area contributed by atoms with Gasteiger partial charge in [-0.15, -0.1) is 0 Å². The second kappa shape index (κ2) is 9.65. The number of ether oxygens (including phenoxy) is 2. The van der Waals surface area contributed by atoms with Gasteiger partial charge in [-0.25, -0.2) is 9.59 Å². The van der Waals surface area contributed by atoms with E-state index in [-0.39, 0.29) is 23.8 Å². The van der Waals surface area contributed by atoms with Gasteiger partial charge in [-0.3, -0.25) is 9.69 Å². The normalized spacial score (nSPS) is 14.7. The Morgan fingerprint density at radius 3 is 2.71 bits per heavy atom. The van der Waals surface area contributed by atoms with Crippen LogP contribution in [0.1, 0.15) is 34.8 Å². The van der Waals surface area contributed by atoms with Crippen LogP contribution in [0.3, 0.4) is 0 Å². The lowest BCUT2D eigenvalue weighted by atomic mass is 10.1. The zero-order valence-corrected chi connectivity index (χ0v) is 18.6. The van der Waals surface area contributed by atoms with Crippen LogP contribution < -0.4 is 14.8 Å². The molecule has 2 aromatic rings. The number of halogens is 1. The maximum Gasteiger partial charge on any atom is 0.335 e. The van der Waals surface area contributed by atoms with E-state index in [9.17, 15) is 14.4 Å². The monoisotopic (exact) mass is 488 g/mol. The maximum atomic E-state index is 12.4. The summed E-state index contributed by atoms with van der Waals surface area (Å²) in [6, 6.07) is 9.45. The molecular formula is C22H21BrN2O6. The number of nitrogens with zero attached hydrogens (tertiary/aromatic N) is 1. The lowest BCUT2D eigenvalue weighted by Crippen LogP contribution is -2.31. The predicted molar refractivity (Wildman–Crippen MR) is 117 cm³/mol. The molecule has 0 saturated carbocycles. The van der Waals surface area contributed by atoms with Crippen molar-refractivity contribution < 1.29 is 29.0 Å². The van der Waals surface area contributed by atoms with Crippen LogP contribution in [-0.2, 0) is 11.4 Å². The van der Waals surface area contributed by atoms with Crippen molar-refractivity contribution in [2.75, 3.05) is 13.7 Å². The number of urea groups is 1. The summed E-state index contributed by atoms with van der Waals surface area (Å²) in [4.78, 5) is 36.7. The Morgan fingerprint density at radius 1 is 1.26 bits per heavy atom. The van der Waals surface area contributed by atoms with E-state index in [1.807, 2.05) is 6.92 Å². The van der Waals surface area contributed by atoms with Gasteiger partial charge in [0.2, 0.25) is 0 Å². The highest BCUT2D eigenvalue weighted by Gasteiger charge is 2.32. The minimum Gasteiger partial charge on any atom is -0.493 e. The quantitative estimate of drug-likeness (QED) is 0.429. The van der Waals surface area contributed by atoms with Gasteiger partial charge in [0.15, 0.2) is 11.5 Å². The minimum atomic E-state index is -1.01. The molecule has 0 aliphatic carbocycles. The Morgan fingerprint density at radius 2 is 2.03 bits per heavy atom. The molecule has 1 fully saturated rings. The summed E-state index contributed by atoms with van der Waals surface area (Å²) in [6.45, 7) is 2.38. The van der Waals surface area contributed by atoms with Gasteiger partial charge in [0.25, 0.3) is 5.91 Å². The van der Waals surface area contributed by atoms with Crippen LogP contribution in [0.5, 0.6) is 11.5 Å². The smallest absolute Gasteiger partial charge is 0.335 e. The largest absolute Gasteiger partial charge is 0.493 e. The highest BCUT2D eigenvalue weighted by Crippen LogP contribution is 2.38. The van der Waals surface area contributed by atoms with Crippen molar-refractivity contribution >= 4 is 39.9 Å². The first kappa shape index (κ1) is 22.4.